The molecule has 0 atom stereocenters. The van der Waals surface area contributed by atoms with Gasteiger partial charge in [-0.2, -0.15) is 0 Å². The summed E-state index contributed by atoms with van der Waals surface area (Å²) in [6.45, 7) is 22.1. The highest BCUT2D eigenvalue weighted by molar-refractivity contribution is 6.30. The van der Waals surface area contributed by atoms with Crippen molar-refractivity contribution in [3.05, 3.63) is 76.5 Å². The average Bonchev–Trinajstić information content (AvgIpc) is 3.26. The number of aryl methyl sites for hydroxylation is 5. The van der Waals surface area contributed by atoms with E-state index in [9.17, 15) is 0 Å². The first-order valence-electron chi connectivity index (χ1n) is 15.0. The lowest BCUT2D eigenvalue weighted by atomic mass is 9.92. The van der Waals surface area contributed by atoms with Crippen molar-refractivity contribution in [1.29, 1.82) is 0 Å². The van der Waals surface area contributed by atoms with Crippen LogP contribution in [0.4, 0.5) is 0 Å². The molecule has 7 rings (SSSR count). The summed E-state index contributed by atoms with van der Waals surface area (Å²) in [5.41, 5.74) is 10.9. The van der Waals surface area contributed by atoms with Gasteiger partial charge >= 0.3 is 0 Å². The van der Waals surface area contributed by atoms with E-state index in [2.05, 4.69) is 128 Å². The monoisotopic (exact) mass is 554 g/mol. The zero-order valence-corrected chi connectivity index (χ0v) is 26.8. The van der Waals surface area contributed by atoms with Gasteiger partial charge in [0.05, 0.1) is 27.3 Å². The summed E-state index contributed by atoms with van der Waals surface area (Å²) in [5, 5.41) is 6.26. The molecule has 212 valence electrons. The number of benzene rings is 3. The SMILES string of the molecule is Cc1cc(C)c2c(c1C)c1c3c(cc[n+]1C)cc(-c1nc(C(C)(C)C)nc(C(C)(C)C)n1)c1c4cccc(C)c4n2c13. The molecule has 5 nitrogen and oxygen atoms in total. The Morgan fingerprint density at radius 3 is 1.98 bits per heavy atom. The van der Waals surface area contributed by atoms with Crippen LogP contribution in [0.3, 0.4) is 0 Å². The van der Waals surface area contributed by atoms with Crippen molar-refractivity contribution in [2.45, 2.75) is 80.1 Å². The topological polar surface area (TPSA) is 47.0 Å². The average molecular weight is 555 g/mol. The van der Waals surface area contributed by atoms with Crippen LogP contribution in [-0.2, 0) is 17.9 Å². The summed E-state index contributed by atoms with van der Waals surface area (Å²) in [4.78, 5) is 15.4. The predicted molar refractivity (Wildman–Crippen MR) is 175 cm³/mol. The second-order valence-electron chi connectivity index (χ2n) is 14.4. The van der Waals surface area contributed by atoms with Crippen LogP contribution >= 0.6 is 0 Å². The van der Waals surface area contributed by atoms with E-state index in [0.29, 0.717) is 0 Å². The van der Waals surface area contributed by atoms with Crippen LogP contribution in [0.25, 0.3) is 60.4 Å². The van der Waals surface area contributed by atoms with Crippen molar-refractivity contribution in [1.82, 2.24) is 19.4 Å². The fourth-order valence-electron chi connectivity index (χ4n) is 6.80. The van der Waals surface area contributed by atoms with Crippen LogP contribution in [0.15, 0.2) is 42.6 Å². The van der Waals surface area contributed by atoms with Crippen LogP contribution in [0.1, 0.15) is 75.4 Å². The van der Waals surface area contributed by atoms with Crippen LogP contribution < -0.4 is 4.57 Å². The normalized spacial score (nSPS) is 13.1. The Bertz CT molecular complexity index is 2220. The molecule has 0 amide bonds. The molecule has 0 saturated heterocycles. The van der Waals surface area contributed by atoms with E-state index in [4.69, 9.17) is 15.0 Å². The van der Waals surface area contributed by atoms with E-state index in [0.717, 1.165) is 23.0 Å². The van der Waals surface area contributed by atoms with Gasteiger partial charge in [0.25, 0.3) is 0 Å². The predicted octanol–water partition coefficient (Wildman–Crippen LogP) is 8.50. The highest BCUT2D eigenvalue weighted by Crippen LogP contribution is 2.46. The molecule has 0 radical (unpaired) electrons. The van der Waals surface area contributed by atoms with E-state index in [1.165, 1.54) is 71.3 Å². The molecule has 5 heteroatoms. The number of rotatable bonds is 1. The van der Waals surface area contributed by atoms with Crippen molar-refractivity contribution in [2.75, 3.05) is 0 Å². The number of aromatic nitrogens is 5. The number of pyridine rings is 2. The first kappa shape index (κ1) is 26.8. The number of para-hydroxylation sites is 1. The molecule has 7 aromatic rings. The summed E-state index contributed by atoms with van der Waals surface area (Å²) in [7, 11) is 2.18. The van der Waals surface area contributed by atoms with E-state index < -0.39 is 0 Å². The van der Waals surface area contributed by atoms with Gasteiger partial charge < -0.3 is 4.40 Å². The molecule has 0 saturated carbocycles. The summed E-state index contributed by atoms with van der Waals surface area (Å²) >= 11 is 0. The molecule has 0 N–H and O–H groups in total. The fourth-order valence-corrected chi connectivity index (χ4v) is 6.80. The van der Waals surface area contributed by atoms with Gasteiger partial charge in [-0.15, -0.1) is 0 Å². The quantitative estimate of drug-likeness (QED) is 0.116. The third kappa shape index (κ3) is 3.55. The van der Waals surface area contributed by atoms with E-state index in [1.54, 1.807) is 0 Å². The molecule has 0 unspecified atom stereocenters. The summed E-state index contributed by atoms with van der Waals surface area (Å²) in [6, 6.07) is 13.6. The van der Waals surface area contributed by atoms with Crippen LogP contribution in [0.2, 0.25) is 0 Å². The van der Waals surface area contributed by atoms with Gasteiger partial charge in [0.1, 0.15) is 18.7 Å². The van der Waals surface area contributed by atoms with E-state index >= 15 is 0 Å². The number of hydrogen-bond donors (Lipinski definition) is 0. The maximum atomic E-state index is 5.19. The second-order valence-corrected chi connectivity index (χ2v) is 14.4. The molecule has 0 fully saturated rings. The maximum Gasteiger partial charge on any atom is 0.224 e. The van der Waals surface area contributed by atoms with Gasteiger partial charge in [0.15, 0.2) is 12.0 Å². The minimum absolute atomic E-state index is 0.212. The number of nitrogens with zero attached hydrogens (tertiary/aromatic N) is 5. The third-order valence-corrected chi connectivity index (χ3v) is 9.04. The van der Waals surface area contributed by atoms with Gasteiger partial charge in [-0.3, -0.25) is 0 Å². The van der Waals surface area contributed by atoms with Crippen molar-refractivity contribution >= 4 is 49.0 Å². The zero-order chi connectivity index (χ0) is 30.0. The van der Waals surface area contributed by atoms with Gasteiger partial charge in [-0.05, 0) is 61.4 Å². The molecule has 0 aliphatic rings. The molecule has 4 heterocycles. The first-order valence-corrected chi connectivity index (χ1v) is 15.0. The molecule has 3 aromatic carbocycles. The third-order valence-electron chi connectivity index (χ3n) is 9.04. The molecule has 0 aliphatic carbocycles. The lowest BCUT2D eigenvalue weighted by molar-refractivity contribution is -0.643. The number of fused-ring (bicyclic) bond motifs is 6. The summed E-state index contributed by atoms with van der Waals surface area (Å²) < 4.78 is 4.85. The van der Waals surface area contributed by atoms with Gasteiger partial charge in [0, 0.05) is 33.2 Å². The highest BCUT2D eigenvalue weighted by Gasteiger charge is 2.30. The molecular formula is C37H40N5+. The Balaban J connectivity index is 1.82. The summed E-state index contributed by atoms with van der Waals surface area (Å²) in [5.74, 6) is 2.40. The molecule has 0 spiro atoms. The van der Waals surface area contributed by atoms with Gasteiger partial charge in [-0.25, -0.2) is 19.5 Å². The lowest BCUT2D eigenvalue weighted by Gasteiger charge is -2.23. The highest BCUT2D eigenvalue weighted by atomic mass is 15.1. The molecule has 4 aromatic heterocycles. The Morgan fingerprint density at radius 1 is 0.667 bits per heavy atom. The Morgan fingerprint density at radius 2 is 1.33 bits per heavy atom. The lowest BCUT2D eigenvalue weighted by Crippen LogP contribution is -2.29. The van der Waals surface area contributed by atoms with Crippen molar-refractivity contribution in [3.63, 3.8) is 0 Å². The molecular weight excluding hydrogens is 514 g/mol. The first-order chi connectivity index (χ1) is 19.7. The van der Waals surface area contributed by atoms with Gasteiger partial charge in [-0.1, -0.05) is 65.8 Å². The standard InChI is InChI=1S/C37H40N5/c1-19-13-12-14-24-28-25(33-38-34(36(5,6)7)40-35(39-33)37(8,9)10)18-23-15-16-41(11)31-26-22(4)20(2)17-21(3)30(26)42(29(19)24)32(28)27(23)31/h12-18H,1-11H3/q+1. The number of hydrogen-bond acceptors (Lipinski definition) is 3. The molecule has 0 aliphatic heterocycles. The van der Waals surface area contributed by atoms with Crippen molar-refractivity contribution in [2.24, 2.45) is 7.05 Å². The van der Waals surface area contributed by atoms with Crippen LogP contribution in [0, 0.1) is 27.7 Å². The largest absolute Gasteiger partial charge is 0.307 e. The minimum Gasteiger partial charge on any atom is -0.307 e. The minimum atomic E-state index is -0.212. The fraction of sp³-hybridized carbons (Fsp3) is 0.351. The molecule has 0 bridgehead atoms. The Hall–Kier alpha value is -4.12. The van der Waals surface area contributed by atoms with Crippen LogP contribution in [0.5, 0.6) is 0 Å². The second kappa shape index (κ2) is 8.47. The molecule has 42 heavy (non-hydrogen) atoms. The van der Waals surface area contributed by atoms with E-state index in [-0.39, 0.29) is 10.8 Å². The van der Waals surface area contributed by atoms with Crippen molar-refractivity contribution < 1.29 is 4.57 Å². The summed E-state index contributed by atoms with van der Waals surface area (Å²) in [6.07, 6.45) is 2.20. The Kier molecular flexibility index (Phi) is 5.39. The van der Waals surface area contributed by atoms with Gasteiger partial charge in [0.2, 0.25) is 5.52 Å². The maximum absolute atomic E-state index is 5.19. The van der Waals surface area contributed by atoms with Crippen molar-refractivity contribution in [3.8, 4) is 11.4 Å². The van der Waals surface area contributed by atoms with Crippen LogP contribution in [-0.4, -0.2) is 19.4 Å². The smallest absolute Gasteiger partial charge is 0.224 e. The zero-order valence-electron chi connectivity index (χ0n) is 26.8. The Labute approximate surface area is 247 Å². The van der Waals surface area contributed by atoms with E-state index in [1.807, 2.05) is 0 Å².